The predicted molar refractivity (Wildman–Crippen MR) is 111 cm³/mol. The smallest absolute Gasteiger partial charge is 0.254 e. The third-order valence-electron chi connectivity index (χ3n) is 4.98. The molecule has 142 valence electrons. The minimum Gasteiger partial charge on any atom is -0.353 e. The van der Waals surface area contributed by atoms with Gasteiger partial charge >= 0.3 is 0 Å². The van der Waals surface area contributed by atoms with Crippen LogP contribution in [0.3, 0.4) is 0 Å². The number of fused-ring (bicyclic) bond motifs is 1. The molecule has 0 atom stereocenters. The minimum absolute atomic E-state index is 0.0238. The first-order chi connectivity index (χ1) is 13.5. The number of carbonyl (C=O) groups is 1. The fraction of sp³-hybridized carbons (Fsp3) is 0.182. The van der Waals surface area contributed by atoms with Crippen molar-refractivity contribution in [2.75, 3.05) is 0 Å². The van der Waals surface area contributed by atoms with E-state index in [1.54, 1.807) is 4.57 Å². The summed E-state index contributed by atoms with van der Waals surface area (Å²) in [4.78, 5) is 19.6. The van der Waals surface area contributed by atoms with Crippen molar-refractivity contribution in [2.24, 2.45) is 14.1 Å². The second kappa shape index (κ2) is 7.52. The molecule has 0 aliphatic carbocycles. The van der Waals surface area contributed by atoms with Crippen molar-refractivity contribution in [1.29, 1.82) is 0 Å². The van der Waals surface area contributed by atoms with Crippen LogP contribution in [-0.2, 0) is 27.2 Å². The van der Waals surface area contributed by atoms with Crippen LogP contribution < -0.4 is 0 Å². The molecule has 0 spiro atoms. The number of benzene rings is 2. The molecule has 2 heterocycles. The SMILES string of the molecule is Cn1cccc1CN(Cc1ccccc1)C(=O)c1ccc2nc(Cl)n(C)c2c1. The van der Waals surface area contributed by atoms with Gasteiger partial charge in [0.25, 0.3) is 5.91 Å². The van der Waals surface area contributed by atoms with Crippen molar-refractivity contribution in [2.45, 2.75) is 13.1 Å². The van der Waals surface area contributed by atoms with E-state index in [1.165, 1.54) is 0 Å². The van der Waals surface area contributed by atoms with Gasteiger partial charge in [-0.05, 0) is 47.5 Å². The van der Waals surface area contributed by atoms with Gasteiger partial charge in [0.15, 0.2) is 0 Å². The molecule has 0 radical (unpaired) electrons. The highest BCUT2D eigenvalue weighted by atomic mass is 35.5. The Morgan fingerprint density at radius 1 is 1.04 bits per heavy atom. The van der Waals surface area contributed by atoms with E-state index in [-0.39, 0.29) is 5.91 Å². The number of hydrogen-bond acceptors (Lipinski definition) is 2. The molecular weight excluding hydrogens is 372 g/mol. The van der Waals surface area contributed by atoms with Crippen molar-refractivity contribution < 1.29 is 4.79 Å². The van der Waals surface area contributed by atoms with Crippen LogP contribution in [0.5, 0.6) is 0 Å². The maximum atomic E-state index is 13.4. The third-order valence-corrected chi connectivity index (χ3v) is 5.32. The maximum Gasteiger partial charge on any atom is 0.254 e. The standard InChI is InChI=1S/C22H21ClN4O/c1-25-12-6-9-18(25)15-27(14-16-7-4-3-5-8-16)21(28)17-10-11-19-20(13-17)26(2)22(23)24-19/h3-13H,14-15H2,1-2H3. The molecule has 2 aromatic heterocycles. The third kappa shape index (κ3) is 3.53. The molecule has 0 saturated heterocycles. The summed E-state index contributed by atoms with van der Waals surface area (Å²) in [6.07, 6.45) is 1.99. The lowest BCUT2D eigenvalue weighted by Crippen LogP contribution is -2.30. The molecule has 5 nitrogen and oxygen atoms in total. The summed E-state index contributed by atoms with van der Waals surface area (Å²) in [5.74, 6) is -0.0238. The first-order valence-electron chi connectivity index (χ1n) is 9.08. The van der Waals surface area contributed by atoms with Crippen molar-refractivity contribution >= 4 is 28.5 Å². The molecule has 0 unspecified atom stereocenters. The van der Waals surface area contributed by atoms with Crippen LogP contribution in [0.15, 0.2) is 66.9 Å². The summed E-state index contributed by atoms with van der Waals surface area (Å²) in [7, 11) is 3.84. The molecule has 0 aliphatic rings. The second-order valence-corrected chi connectivity index (χ2v) is 7.24. The maximum absolute atomic E-state index is 13.4. The molecule has 0 bridgehead atoms. The highest BCUT2D eigenvalue weighted by Crippen LogP contribution is 2.22. The summed E-state index contributed by atoms with van der Waals surface area (Å²) in [5.41, 5.74) is 4.41. The minimum atomic E-state index is -0.0238. The van der Waals surface area contributed by atoms with Gasteiger partial charge in [-0.3, -0.25) is 4.79 Å². The normalized spacial score (nSPS) is 11.1. The van der Waals surface area contributed by atoms with Crippen LogP contribution in [0.2, 0.25) is 5.28 Å². The van der Waals surface area contributed by atoms with Crippen LogP contribution in [0.4, 0.5) is 0 Å². The number of rotatable bonds is 5. The van der Waals surface area contributed by atoms with E-state index in [4.69, 9.17) is 11.6 Å². The van der Waals surface area contributed by atoms with E-state index >= 15 is 0 Å². The molecule has 0 fully saturated rings. The van der Waals surface area contributed by atoms with Gasteiger partial charge in [0, 0.05) is 38.1 Å². The van der Waals surface area contributed by atoms with E-state index in [1.807, 2.05) is 90.4 Å². The molecule has 0 aliphatic heterocycles. The molecule has 0 N–H and O–H groups in total. The molecule has 2 aromatic carbocycles. The molecular formula is C22H21ClN4O. The summed E-state index contributed by atoms with van der Waals surface area (Å²) < 4.78 is 3.82. The highest BCUT2D eigenvalue weighted by Gasteiger charge is 2.19. The molecule has 0 saturated carbocycles. The van der Waals surface area contributed by atoms with Gasteiger partial charge in [-0.1, -0.05) is 30.3 Å². The number of carbonyl (C=O) groups excluding carboxylic acids is 1. The monoisotopic (exact) mass is 392 g/mol. The van der Waals surface area contributed by atoms with Gasteiger partial charge in [0.2, 0.25) is 5.28 Å². The Hall–Kier alpha value is -3.05. The summed E-state index contributed by atoms with van der Waals surface area (Å²) in [6, 6.07) is 19.6. The topological polar surface area (TPSA) is 43.1 Å². The summed E-state index contributed by atoms with van der Waals surface area (Å²) >= 11 is 6.12. The Morgan fingerprint density at radius 3 is 2.54 bits per heavy atom. The van der Waals surface area contributed by atoms with Crippen LogP contribution in [0.1, 0.15) is 21.6 Å². The average Bonchev–Trinajstić information content (AvgIpc) is 3.24. The number of amides is 1. The largest absolute Gasteiger partial charge is 0.353 e. The zero-order chi connectivity index (χ0) is 19.7. The van der Waals surface area contributed by atoms with Gasteiger partial charge in [0.05, 0.1) is 17.6 Å². The van der Waals surface area contributed by atoms with Crippen LogP contribution in [0, 0.1) is 0 Å². The lowest BCUT2D eigenvalue weighted by molar-refractivity contribution is 0.0726. The second-order valence-electron chi connectivity index (χ2n) is 6.90. The van der Waals surface area contributed by atoms with Crippen LogP contribution in [0.25, 0.3) is 11.0 Å². The van der Waals surface area contributed by atoms with E-state index in [0.29, 0.717) is 23.9 Å². The predicted octanol–water partition coefficient (Wildman–Crippen LogP) is 4.41. The first kappa shape index (κ1) is 18.3. The zero-order valence-electron chi connectivity index (χ0n) is 15.8. The van der Waals surface area contributed by atoms with Gasteiger partial charge in [-0.15, -0.1) is 0 Å². The Morgan fingerprint density at radius 2 is 1.82 bits per heavy atom. The Balaban J connectivity index is 1.69. The van der Waals surface area contributed by atoms with E-state index in [9.17, 15) is 4.79 Å². The van der Waals surface area contributed by atoms with Gasteiger partial charge in [-0.25, -0.2) is 4.98 Å². The molecule has 4 rings (SSSR count). The van der Waals surface area contributed by atoms with Crippen molar-refractivity contribution in [3.63, 3.8) is 0 Å². The number of hydrogen-bond donors (Lipinski definition) is 0. The van der Waals surface area contributed by atoms with E-state index in [0.717, 1.165) is 22.3 Å². The van der Waals surface area contributed by atoms with Crippen molar-refractivity contribution in [3.05, 3.63) is 89.0 Å². The average molecular weight is 393 g/mol. The number of aromatic nitrogens is 3. The lowest BCUT2D eigenvalue weighted by Gasteiger charge is -2.23. The van der Waals surface area contributed by atoms with Gasteiger partial charge < -0.3 is 14.0 Å². The van der Waals surface area contributed by atoms with Crippen molar-refractivity contribution in [1.82, 2.24) is 19.0 Å². The Bertz CT molecular complexity index is 1130. The summed E-state index contributed by atoms with van der Waals surface area (Å²) in [6.45, 7) is 1.07. The van der Waals surface area contributed by atoms with Crippen molar-refractivity contribution in [3.8, 4) is 0 Å². The molecule has 28 heavy (non-hydrogen) atoms. The Labute approximate surface area is 168 Å². The number of imidazole rings is 1. The van der Waals surface area contributed by atoms with Gasteiger partial charge in [-0.2, -0.15) is 0 Å². The highest BCUT2D eigenvalue weighted by molar-refractivity contribution is 6.29. The molecule has 6 heteroatoms. The number of aryl methyl sites for hydroxylation is 2. The zero-order valence-corrected chi connectivity index (χ0v) is 16.6. The van der Waals surface area contributed by atoms with Gasteiger partial charge in [0.1, 0.15) is 0 Å². The molecule has 4 aromatic rings. The van der Waals surface area contributed by atoms with Crippen LogP contribution in [-0.4, -0.2) is 24.9 Å². The lowest BCUT2D eigenvalue weighted by atomic mass is 10.1. The van der Waals surface area contributed by atoms with Crippen LogP contribution >= 0.6 is 11.6 Å². The quantitative estimate of drug-likeness (QED) is 0.505. The fourth-order valence-corrected chi connectivity index (χ4v) is 3.52. The number of nitrogens with zero attached hydrogens (tertiary/aromatic N) is 4. The number of halogens is 1. The van der Waals surface area contributed by atoms with E-state index in [2.05, 4.69) is 4.98 Å². The summed E-state index contributed by atoms with van der Waals surface area (Å²) in [5, 5.41) is 0.407. The fourth-order valence-electron chi connectivity index (χ4n) is 3.34. The van der Waals surface area contributed by atoms with E-state index < -0.39 is 0 Å². The molecule has 1 amide bonds. The first-order valence-corrected chi connectivity index (χ1v) is 9.46. The Kier molecular flexibility index (Phi) is 4.92.